The molecule has 1 fully saturated rings. The predicted octanol–water partition coefficient (Wildman–Crippen LogP) is 2.05. The fraction of sp³-hybridized carbons (Fsp3) is 0.417. The summed E-state index contributed by atoms with van der Waals surface area (Å²) in [6, 6.07) is 2.82. The van der Waals surface area contributed by atoms with Gasteiger partial charge in [-0.3, -0.25) is 14.9 Å². The van der Waals surface area contributed by atoms with E-state index in [0.717, 1.165) is 31.0 Å². The Bertz CT molecular complexity index is 700. The maximum atomic E-state index is 12.1. The first-order valence-corrected chi connectivity index (χ1v) is 8.54. The molecule has 0 aliphatic heterocycles. The standard InChI is InChI=1S/C12H13ClN2O5S/c1-7(8-2-3-8)14-12(16)9-4-10(15(17)18)6-11(5-9)21(13,19)20/h4-8H,2-3H2,1H3,(H,14,16). The summed E-state index contributed by atoms with van der Waals surface area (Å²) >= 11 is 0. The zero-order valence-electron chi connectivity index (χ0n) is 11.1. The van der Waals surface area contributed by atoms with E-state index in [2.05, 4.69) is 5.32 Å². The largest absolute Gasteiger partial charge is 0.349 e. The predicted molar refractivity (Wildman–Crippen MR) is 75.8 cm³/mol. The molecule has 1 N–H and O–H groups in total. The quantitative estimate of drug-likeness (QED) is 0.504. The molecule has 1 atom stereocenters. The summed E-state index contributed by atoms with van der Waals surface area (Å²) in [5.41, 5.74) is -0.600. The van der Waals surface area contributed by atoms with E-state index in [4.69, 9.17) is 10.7 Å². The summed E-state index contributed by atoms with van der Waals surface area (Å²) in [5.74, 6) is -0.149. The van der Waals surface area contributed by atoms with Crippen molar-refractivity contribution in [3.63, 3.8) is 0 Å². The lowest BCUT2D eigenvalue weighted by atomic mass is 10.1. The number of non-ortho nitro benzene ring substituents is 1. The summed E-state index contributed by atoms with van der Waals surface area (Å²) in [7, 11) is 1.04. The van der Waals surface area contributed by atoms with Crippen molar-refractivity contribution in [3.05, 3.63) is 33.9 Å². The maximum absolute atomic E-state index is 12.1. The first kappa shape index (κ1) is 15.7. The molecule has 1 saturated carbocycles. The highest BCUT2D eigenvalue weighted by Gasteiger charge is 2.29. The molecule has 0 radical (unpaired) electrons. The van der Waals surface area contributed by atoms with Crippen LogP contribution in [0.1, 0.15) is 30.1 Å². The molecule has 0 spiro atoms. The second-order valence-electron chi connectivity index (χ2n) is 5.01. The lowest BCUT2D eigenvalue weighted by Gasteiger charge is -2.13. The Morgan fingerprint density at radius 1 is 1.43 bits per heavy atom. The van der Waals surface area contributed by atoms with Gasteiger partial charge in [-0.1, -0.05) is 0 Å². The Hall–Kier alpha value is -1.67. The molecule has 1 aliphatic carbocycles. The van der Waals surface area contributed by atoms with Crippen molar-refractivity contribution < 1.29 is 18.1 Å². The number of carbonyl (C=O) groups is 1. The van der Waals surface area contributed by atoms with Gasteiger partial charge in [0.05, 0.1) is 9.82 Å². The zero-order valence-corrected chi connectivity index (χ0v) is 12.6. The number of amides is 1. The first-order chi connectivity index (χ1) is 9.68. The summed E-state index contributed by atoms with van der Waals surface area (Å²) in [6.07, 6.45) is 2.05. The summed E-state index contributed by atoms with van der Waals surface area (Å²) < 4.78 is 22.7. The number of halogens is 1. The van der Waals surface area contributed by atoms with Gasteiger partial charge >= 0.3 is 0 Å². The van der Waals surface area contributed by atoms with Gasteiger partial charge in [-0.05, 0) is 31.7 Å². The van der Waals surface area contributed by atoms with Gasteiger partial charge in [0.2, 0.25) is 0 Å². The van der Waals surface area contributed by atoms with Crippen LogP contribution in [0.2, 0.25) is 0 Å². The second-order valence-corrected chi connectivity index (χ2v) is 7.58. The van der Waals surface area contributed by atoms with Crippen molar-refractivity contribution in [1.29, 1.82) is 0 Å². The molecule has 2 rings (SSSR count). The van der Waals surface area contributed by atoms with Crippen molar-refractivity contribution in [1.82, 2.24) is 5.32 Å². The minimum atomic E-state index is -4.16. The molecule has 1 unspecified atom stereocenters. The molecule has 7 nitrogen and oxygen atoms in total. The molecule has 0 heterocycles. The van der Waals surface area contributed by atoms with Gasteiger partial charge in [-0.15, -0.1) is 0 Å². The van der Waals surface area contributed by atoms with E-state index in [-0.39, 0.29) is 11.6 Å². The minimum absolute atomic E-state index is 0.0622. The molecule has 1 aliphatic rings. The maximum Gasteiger partial charge on any atom is 0.271 e. The third-order valence-electron chi connectivity index (χ3n) is 3.33. The Kier molecular flexibility index (Phi) is 4.20. The highest BCUT2D eigenvalue weighted by atomic mass is 35.7. The number of nitrogens with zero attached hydrogens (tertiary/aromatic N) is 1. The van der Waals surface area contributed by atoms with Crippen molar-refractivity contribution in [2.75, 3.05) is 0 Å². The molecule has 1 amide bonds. The number of nitro groups is 1. The van der Waals surface area contributed by atoms with Crippen LogP contribution in [0.15, 0.2) is 23.1 Å². The highest BCUT2D eigenvalue weighted by molar-refractivity contribution is 8.13. The Morgan fingerprint density at radius 3 is 2.52 bits per heavy atom. The van der Waals surface area contributed by atoms with E-state index in [1.54, 1.807) is 0 Å². The molecule has 0 bridgehead atoms. The topological polar surface area (TPSA) is 106 Å². The van der Waals surface area contributed by atoms with Crippen LogP contribution >= 0.6 is 10.7 Å². The third kappa shape index (κ3) is 3.92. The number of benzene rings is 1. The van der Waals surface area contributed by atoms with Crippen LogP contribution in [0.3, 0.4) is 0 Å². The summed E-state index contributed by atoms with van der Waals surface area (Å²) in [4.78, 5) is 21.7. The Labute approximate surface area is 125 Å². The minimum Gasteiger partial charge on any atom is -0.349 e. The fourth-order valence-electron chi connectivity index (χ4n) is 1.96. The molecule has 1 aromatic carbocycles. The van der Waals surface area contributed by atoms with Crippen molar-refractivity contribution in [2.45, 2.75) is 30.7 Å². The number of nitro benzene ring substituents is 1. The summed E-state index contributed by atoms with van der Waals surface area (Å²) in [5, 5.41) is 13.5. The normalized spacial score (nSPS) is 16.3. The van der Waals surface area contributed by atoms with Gasteiger partial charge in [-0.25, -0.2) is 8.42 Å². The number of rotatable bonds is 5. The molecular formula is C12H13ClN2O5S. The Balaban J connectivity index is 2.35. The molecule has 0 saturated heterocycles. The average Bonchev–Trinajstić information content (AvgIpc) is 3.21. The molecule has 1 aromatic rings. The molecule has 114 valence electrons. The van der Waals surface area contributed by atoms with E-state index < -0.39 is 30.5 Å². The number of hydrogen-bond acceptors (Lipinski definition) is 5. The van der Waals surface area contributed by atoms with Crippen LogP contribution in [0, 0.1) is 16.0 Å². The smallest absolute Gasteiger partial charge is 0.271 e. The zero-order chi connectivity index (χ0) is 15.8. The molecular weight excluding hydrogens is 320 g/mol. The number of nitrogens with one attached hydrogen (secondary N) is 1. The van der Waals surface area contributed by atoms with Crippen LogP contribution < -0.4 is 5.32 Å². The van der Waals surface area contributed by atoms with Crippen LogP contribution in [-0.4, -0.2) is 25.3 Å². The van der Waals surface area contributed by atoms with Gasteiger partial charge in [0.25, 0.3) is 20.6 Å². The highest BCUT2D eigenvalue weighted by Crippen LogP contribution is 2.32. The average molecular weight is 333 g/mol. The van der Waals surface area contributed by atoms with Gasteiger partial charge in [0, 0.05) is 34.4 Å². The lowest BCUT2D eigenvalue weighted by Crippen LogP contribution is -2.34. The van der Waals surface area contributed by atoms with E-state index in [9.17, 15) is 23.3 Å². The van der Waals surface area contributed by atoms with E-state index in [0.29, 0.717) is 5.92 Å². The first-order valence-electron chi connectivity index (χ1n) is 6.23. The van der Waals surface area contributed by atoms with E-state index in [1.807, 2.05) is 6.92 Å². The third-order valence-corrected chi connectivity index (χ3v) is 4.67. The summed E-state index contributed by atoms with van der Waals surface area (Å²) in [6.45, 7) is 1.84. The van der Waals surface area contributed by atoms with Gasteiger partial charge < -0.3 is 5.32 Å². The van der Waals surface area contributed by atoms with Crippen LogP contribution in [0.4, 0.5) is 5.69 Å². The van der Waals surface area contributed by atoms with E-state index >= 15 is 0 Å². The van der Waals surface area contributed by atoms with Crippen LogP contribution in [-0.2, 0) is 9.05 Å². The monoisotopic (exact) mass is 332 g/mol. The number of hydrogen-bond donors (Lipinski definition) is 1. The molecule has 0 aromatic heterocycles. The van der Waals surface area contributed by atoms with Gasteiger partial charge in [0.1, 0.15) is 0 Å². The van der Waals surface area contributed by atoms with Crippen molar-refractivity contribution in [3.8, 4) is 0 Å². The molecule has 9 heteroatoms. The van der Waals surface area contributed by atoms with Crippen molar-refractivity contribution in [2.24, 2.45) is 5.92 Å². The van der Waals surface area contributed by atoms with E-state index in [1.165, 1.54) is 0 Å². The van der Waals surface area contributed by atoms with Crippen LogP contribution in [0.5, 0.6) is 0 Å². The Morgan fingerprint density at radius 2 is 2.05 bits per heavy atom. The SMILES string of the molecule is CC(NC(=O)c1cc([N+](=O)[O-])cc(S(=O)(=O)Cl)c1)C1CC1. The molecule has 21 heavy (non-hydrogen) atoms. The second kappa shape index (κ2) is 5.61. The fourth-order valence-corrected chi connectivity index (χ4v) is 2.76. The van der Waals surface area contributed by atoms with Gasteiger partial charge in [0.15, 0.2) is 0 Å². The van der Waals surface area contributed by atoms with Crippen LogP contribution in [0.25, 0.3) is 0 Å². The number of carbonyl (C=O) groups excluding carboxylic acids is 1. The van der Waals surface area contributed by atoms with Crippen molar-refractivity contribution >= 4 is 31.3 Å². The van der Waals surface area contributed by atoms with Gasteiger partial charge in [-0.2, -0.15) is 0 Å². The lowest BCUT2D eigenvalue weighted by molar-refractivity contribution is -0.385.